The number of aliphatic carboxylic acids is 1. The fourth-order valence-corrected chi connectivity index (χ4v) is 2.75. The zero-order chi connectivity index (χ0) is 18.4. The lowest BCUT2D eigenvalue weighted by Gasteiger charge is -2.31. The van der Waals surface area contributed by atoms with Gasteiger partial charge in [-0.15, -0.1) is 0 Å². The topological polar surface area (TPSA) is 92.4 Å². The van der Waals surface area contributed by atoms with E-state index in [0.29, 0.717) is 29.4 Å². The molecule has 1 aromatic heterocycles. The number of carboxylic acid groups (broad SMARTS) is 1. The van der Waals surface area contributed by atoms with Crippen LogP contribution < -0.4 is 5.32 Å². The summed E-state index contributed by atoms with van der Waals surface area (Å²) in [5.41, 5.74) is 0.503. The highest BCUT2D eigenvalue weighted by Gasteiger charge is 2.31. The molecule has 0 aliphatic rings. The summed E-state index contributed by atoms with van der Waals surface area (Å²) < 4.78 is 5.41. The summed E-state index contributed by atoms with van der Waals surface area (Å²) in [6.45, 7) is 3.73. The monoisotopic (exact) mass is 364 g/mol. The first kappa shape index (κ1) is 19.0. The smallest absolute Gasteiger partial charge is 0.305 e. The summed E-state index contributed by atoms with van der Waals surface area (Å²) in [6, 6.07) is 7.03. The summed E-state index contributed by atoms with van der Waals surface area (Å²) in [5.74, 6) is -0.807. The number of hydrogen-bond donors (Lipinski definition) is 2. The van der Waals surface area contributed by atoms with Crippen LogP contribution in [0, 0.1) is 0 Å². The van der Waals surface area contributed by atoms with E-state index in [1.54, 1.807) is 24.3 Å². The van der Waals surface area contributed by atoms with Crippen LogP contribution in [0.25, 0.3) is 11.5 Å². The Hall–Kier alpha value is -2.34. The first-order chi connectivity index (χ1) is 11.9. The summed E-state index contributed by atoms with van der Waals surface area (Å²) in [7, 11) is 0. The predicted molar refractivity (Wildman–Crippen MR) is 94.4 cm³/mol. The number of nitrogens with one attached hydrogen (secondary N) is 1. The SMILES string of the molecule is CCC(CC)(CC(=O)O)NC(=O)Cc1coc(-c2ccc(Cl)cc2)n1. The van der Waals surface area contributed by atoms with Gasteiger partial charge in [-0.1, -0.05) is 25.4 Å². The second kappa shape index (κ2) is 8.16. The van der Waals surface area contributed by atoms with E-state index in [1.807, 2.05) is 13.8 Å². The van der Waals surface area contributed by atoms with E-state index in [-0.39, 0.29) is 18.7 Å². The average molecular weight is 365 g/mol. The molecule has 0 atom stereocenters. The van der Waals surface area contributed by atoms with Crippen LogP contribution in [0.15, 0.2) is 34.9 Å². The van der Waals surface area contributed by atoms with E-state index in [1.165, 1.54) is 6.26 Å². The van der Waals surface area contributed by atoms with Gasteiger partial charge in [0.25, 0.3) is 0 Å². The van der Waals surface area contributed by atoms with Gasteiger partial charge in [-0.3, -0.25) is 9.59 Å². The third-order valence-corrected chi connectivity index (χ3v) is 4.48. The fourth-order valence-electron chi connectivity index (χ4n) is 2.63. The number of aromatic nitrogens is 1. The molecule has 134 valence electrons. The summed E-state index contributed by atoms with van der Waals surface area (Å²) >= 11 is 5.85. The van der Waals surface area contributed by atoms with Crippen molar-refractivity contribution in [2.45, 2.75) is 45.1 Å². The number of rotatable bonds is 8. The number of oxazole rings is 1. The summed E-state index contributed by atoms with van der Waals surface area (Å²) in [4.78, 5) is 27.7. The molecule has 0 radical (unpaired) electrons. The third-order valence-electron chi connectivity index (χ3n) is 4.23. The quantitative estimate of drug-likeness (QED) is 0.745. The Morgan fingerprint density at radius 1 is 1.24 bits per heavy atom. The molecule has 25 heavy (non-hydrogen) atoms. The number of benzene rings is 1. The number of amides is 1. The molecule has 0 unspecified atom stereocenters. The van der Waals surface area contributed by atoms with Gasteiger partial charge in [-0.2, -0.15) is 0 Å². The average Bonchev–Trinajstić information content (AvgIpc) is 3.02. The highest BCUT2D eigenvalue weighted by atomic mass is 35.5. The first-order valence-electron chi connectivity index (χ1n) is 8.10. The minimum Gasteiger partial charge on any atom is -0.481 e. The normalized spacial score (nSPS) is 11.3. The molecule has 1 amide bonds. The second-order valence-corrected chi connectivity index (χ2v) is 6.37. The number of nitrogens with zero attached hydrogens (tertiary/aromatic N) is 1. The molecule has 0 saturated carbocycles. The van der Waals surface area contributed by atoms with Crippen molar-refractivity contribution in [2.75, 3.05) is 0 Å². The largest absolute Gasteiger partial charge is 0.481 e. The molecule has 0 spiro atoms. The zero-order valence-corrected chi connectivity index (χ0v) is 15.0. The molecule has 1 heterocycles. The van der Waals surface area contributed by atoms with Gasteiger partial charge in [-0.25, -0.2) is 4.98 Å². The van der Waals surface area contributed by atoms with Crippen molar-refractivity contribution < 1.29 is 19.1 Å². The van der Waals surface area contributed by atoms with E-state index in [9.17, 15) is 9.59 Å². The molecule has 2 aromatic rings. The van der Waals surface area contributed by atoms with Crippen molar-refractivity contribution in [3.8, 4) is 11.5 Å². The second-order valence-electron chi connectivity index (χ2n) is 5.93. The molecule has 2 rings (SSSR count). The lowest BCUT2D eigenvalue weighted by atomic mass is 9.88. The van der Waals surface area contributed by atoms with Gasteiger partial charge in [0.15, 0.2) is 0 Å². The maximum absolute atomic E-state index is 12.3. The Morgan fingerprint density at radius 2 is 1.88 bits per heavy atom. The van der Waals surface area contributed by atoms with Gasteiger partial charge in [0.05, 0.1) is 18.5 Å². The predicted octanol–water partition coefficient (Wildman–Crippen LogP) is 3.69. The summed E-state index contributed by atoms with van der Waals surface area (Å²) in [6.07, 6.45) is 2.42. The van der Waals surface area contributed by atoms with E-state index >= 15 is 0 Å². The zero-order valence-electron chi connectivity index (χ0n) is 14.2. The standard InChI is InChI=1S/C18H21ClN2O4/c1-3-18(4-2,10-16(23)24)21-15(22)9-14-11-25-17(20-14)12-5-7-13(19)8-6-12/h5-8,11H,3-4,9-10H2,1-2H3,(H,21,22)(H,23,24). The molecule has 1 aromatic carbocycles. The number of carbonyl (C=O) groups excluding carboxylic acids is 1. The Balaban J connectivity index is 2.05. The van der Waals surface area contributed by atoms with Crippen LogP contribution in [0.4, 0.5) is 0 Å². The Kier molecular flexibility index (Phi) is 6.20. The van der Waals surface area contributed by atoms with Gasteiger partial charge in [0.1, 0.15) is 6.26 Å². The van der Waals surface area contributed by atoms with Crippen molar-refractivity contribution in [1.82, 2.24) is 10.3 Å². The van der Waals surface area contributed by atoms with Crippen LogP contribution in [0.2, 0.25) is 5.02 Å². The lowest BCUT2D eigenvalue weighted by Crippen LogP contribution is -2.49. The number of halogens is 1. The van der Waals surface area contributed by atoms with E-state index in [0.717, 1.165) is 5.56 Å². The highest BCUT2D eigenvalue weighted by molar-refractivity contribution is 6.30. The lowest BCUT2D eigenvalue weighted by molar-refractivity contribution is -0.139. The minimum atomic E-state index is -0.935. The Morgan fingerprint density at radius 3 is 2.44 bits per heavy atom. The van der Waals surface area contributed by atoms with Gasteiger partial charge in [0, 0.05) is 16.1 Å². The van der Waals surface area contributed by atoms with Crippen LogP contribution in [0.3, 0.4) is 0 Å². The maximum atomic E-state index is 12.3. The van der Waals surface area contributed by atoms with Gasteiger partial charge in [0.2, 0.25) is 11.8 Å². The molecule has 0 fully saturated rings. The molecule has 0 aliphatic carbocycles. The van der Waals surface area contributed by atoms with Crippen molar-refractivity contribution in [3.63, 3.8) is 0 Å². The van der Waals surface area contributed by atoms with Gasteiger partial charge in [-0.05, 0) is 37.1 Å². The molecule has 0 saturated heterocycles. The van der Waals surface area contributed by atoms with Crippen LogP contribution in [-0.4, -0.2) is 27.5 Å². The fraction of sp³-hybridized carbons (Fsp3) is 0.389. The van der Waals surface area contributed by atoms with Gasteiger partial charge < -0.3 is 14.8 Å². The molecule has 0 bridgehead atoms. The van der Waals surface area contributed by atoms with Crippen LogP contribution in [-0.2, 0) is 16.0 Å². The van der Waals surface area contributed by atoms with Crippen LogP contribution >= 0.6 is 11.6 Å². The van der Waals surface area contributed by atoms with Crippen molar-refractivity contribution in [2.24, 2.45) is 0 Å². The molecular formula is C18H21ClN2O4. The summed E-state index contributed by atoms with van der Waals surface area (Å²) in [5, 5.41) is 12.5. The molecule has 6 nitrogen and oxygen atoms in total. The van der Waals surface area contributed by atoms with E-state index in [2.05, 4.69) is 10.3 Å². The number of hydrogen-bond acceptors (Lipinski definition) is 4. The molecule has 7 heteroatoms. The molecule has 0 aliphatic heterocycles. The number of carbonyl (C=O) groups is 2. The highest BCUT2D eigenvalue weighted by Crippen LogP contribution is 2.22. The number of carboxylic acids is 1. The first-order valence-corrected chi connectivity index (χ1v) is 8.48. The van der Waals surface area contributed by atoms with Crippen molar-refractivity contribution in [1.29, 1.82) is 0 Å². The van der Waals surface area contributed by atoms with Gasteiger partial charge >= 0.3 is 5.97 Å². The maximum Gasteiger partial charge on any atom is 0.305 e. The third kappa shape index (κ3) is 5.06. The Bertz CT molecular complexity index is 736. The van der Waals surface area contributed by atoms with Crippen molar-refractivity contribution in [3.05, 3.63) is 41.2 Å². The van der Waals surface area contributed by atoms with E-state index < -0.39 is 11.5 Å². The Labute approximate surface area is 151 Å². The van der Waals surface area contributed by atoms with E-state index in [4.69, 9.17) is 21.1 Å². The van der Waals surface area contributed by atoms with Crippen LogP contribution in [0.5, 0.6) is 0 Å². The minimum absolute atomic E-state index is 0.0262. The van der Waals surface area contributed by atoms with Crippen molar-refractivity contribution >= 4 is 23.5 Å². The molecule has 2 N–H and O–H groups in total. The molecular weight excluding hydrogens is 344 g/mol. The van der Waals surface area contributed by atoms with Crippen LogP contribution in [0.1, 0.15) is 38.8 Å².